The molecule has 0 saturated heterocycles. The smallest absolute Gasteiger partial charge is 0.219 e. The van der Waals surface area contributed by atoms with E-state index >= 15 is 0 Å². The van der Waals surface area contributed by atoms with Crippen LogP contribution in [0.25, 0.3) is 11.0 Å². The van der Waals surface area contributed by atoms with E-state index in [9.17, 15) is 4.79 Å². The van der Waals surface area contributed by atoms with Crippen LogP contribution in [0.15, 0.2) is 53.0 Å². The highest BCUT2D eigenvalue weighted by Crippen LogP contribution is 2.19. The lowest BCUT2D eigenvalue weighted by Crippen LogP contribution is -2.25. The number of halogens is 1. The zero-order valence-corrected chi connectivity index (χ0v) is 15.2. The van der Waals surface area contributed by atoms with E-state index < -0.39 is 0 Å². The molecule has 0 aliphatic rings. The van der Waals surface area contributed by atoms with E-state index in [1.54, 1.807) is 0 Å². The summed E-state index contributed by atoms with van der Waals surface area (Å²) in [6.45, 7) is 3.24. The van der Waals surface area contributed by atoms with Gasteiger partial charge in [0.1, 0.15) is 5.82 Å². The van der Waals surface area contributed by atoms with Gasteiger partial charge >= 0.3 is 0 Å². The summed E-state index contributed by atoms with van der Waals surface area (Å²) in [7, 11) is 0. The quantitative estimate of drug-likeness (QED) is 0.698. The number of carbonyl (C=O) groups excluding carboxylic acids is 1. The maximum Gasteiger partial charge on any atom is 0.219 e. The van der Waals surface area contributed by atoms with Gasteiger partial charge in [-0.1, -0.05) is 47.1 Å². The van der Waals surface area contributed by atoms with Gasteiger partial charge < -0.3 is 9.88 Å². The number of nitrogens with one attached hydrogen (secondary N) is 1. The Kier molecular flexibility index (Phi) is 5.30. The summed E-state index contributed by atoms with van der Waals surface area (Å²) in [6.07, 6.45) is 1.23. The Bertz CT molecular complexity index is 839. The van der Waals surface area contributed by atoms with Crippen LogP contribution in [0.5, 0.6) is 0 Å². The van der Waals surface area contributed by atoms with Crippen molar-refractivity contribution in [1.82, 2.24) is 14.9 Å². The Balaban J connectivity index is 1.87. The molecule has 3 aromatic rings. The minimum Gasteiger partial charge on any atom is -0.356 e. The first kappa shape index (κ1) is 16.7. The average molecular weight is 386 g/mol. The van der Waals surface area contributed by atoms with Gasteiger partial charge in [-0.05, 0) is 29.8 Å². The third-order valence-electron chi connectivity index (χ3n) is 3.98. The molecule has 0 aliphatic carbocycles. The van der Waals surface area contributed by atoms with Crippen LogP contribution >= 0.6 is 15.9 Å². The van der Waals surface area contributed by atoms with Gasteiger partial charge in [0, 0.05) is 30.4 Å². The predicted molar refractivity (Wildman–Crippen MR) is 100.0 cm³/mol. The van der Waals surface area contributed by atoms with Gasteiger partial charge in [0.25, 0.3) is 0 Å². The summed E-state index contributed by atoms with van der Waals surface area (Å²) < 4.78 is 3.31. The second-order valence-electron chi connectivity index (χ2n) is 5.68. The number of para-hydroxylation sites is 2. The number of carbonyl (C=O) groups is 1. The molecule has 0 radical (unpaired) electrons. The van der Waals surface area contributed by atoms with Crippen molar-refractivity contribution in [3.05, 3.63) is 64.4 Å². The maximum absolute atomic E-state index is 11.4. The van der Waals surface area contributed by atoms with Crippen LogP contribution in [0.2, 0.25) is 0 Å². The van der Waals surface area contributed by atoms with Gasteiger partial charge in [0.15, 0.2) is 0 Å². The minimum absolute atomic E-state index is 0.0746. The Morgan fingerprint density at radius 3 is 2.67 bits per heavy atom. The van der Waals surface area contributed by atoms with Crippen LogP contribution in [0.1, 0.15) is 24.7 Å². The van der Waals surface area contributed by atoms with Crippen LogP contribution < -0.4 is 5.32 Å². The van der Waals surface area contributed by atoms with Gasteiger partial charge in [0.05, 0.1) is 11.0 Å². The summed E-state index contributed by atoms with van der Waals surface area (Å²) in [5, 5.41) is 2.93. The fourth-order valence-corrected chi connectivity index (χ4v) is 2.97. The number of amides is 1. The molecule has 1 heterocycles. The van der Waals surface area contributed by atoms with Crippen molar-refractivity contribution < 1.29 is 4.79 Å². The molecule has 2 aromatic carbocycles. The maximum atomic E-state index is 11.4. The zero-order valence-electron chi connectivity index (χ0n) is 13.6. The van der Waals surface area contributed by atoms with Crippen LogP contribution in [-0.4, -0.2) is 22.0 Å². The molecule has 1 N–H and O–H groups in total. The summed E-state index contributed by atoms with van der Waals surface area (Å²) in [5.41, 5.74) is 3.34. The van der Waals surface area contributed by atoms with Crippen molar-refractivity contribution in [3.63, 3.8) is 0 Å². The molecule has 0 atom stereocenters. The lowest BCUT2D eigenvalue weighted by Gasteiger charge is -2.10. The molecule has 1 aromatic heterocycles. The Labute approximate surface area is 150 Å². The third-order valence-corrected chi connectivity index (χ3v) is 4.51. The summed E-state index contributed by atoms with van der Waals surface area (Å²) in [4.78, 5) is 16.2. The van der Waals surface area contributed by atoms with Crippen molar-refractivity contribution in [2.45, 2.75) is 26.3 Å². The highest BCUT2D eigenvalue weighted by molar-refractivity contribution is 9.10. The fraction of sp³-hybridized carbons (Fsp3) is 0.263. The monoisotopic (exact) mass is 385 g/mol. The van der Waals surface area contributed by atoms with Gasteiger partial charge in [0.2, 0.25) is 5.91 Å². The summed E-state index contributed by atoms with van der Waals surface area (Å²) in [6, 6.07) is 16.5. The second kappa shape index (κ2) is 7.62. The number of benzene rings is 2. The first-order valence-corrected chi connectivity index (χ1v) is 8.92. The number of fused-ring (bicyclic) bond motifs is 1. The largest absolute Gasteiger partial charge is 0.356 e. The molecule has 0 bridgehead atoms. The van der Waals surface area contributed by atoms with Crippen LogP contribution in [0.3, 0.4) is 0 Å². The lowest BCUT2D eigenvalue weighted by atomic mass is 10.2. The van der Waals surface area contributed by atoms with Crippen LogP contribution in [0, 0.1) is 0 Å². The van der Waals surface area contributed by atoms with Gasteiger partial charge in [-0.15, -0.1) is 0 Å². The first-order chi connectivity index (χ1) is 11.7. The minimum atomic E-state index is 0.0746. The van der Waals surface area contributed by atoms with E-state index in [1.807, 2.05) is 25.1 Å². The van der Waals surface area contributed by atoms with E-state index in [1.165, 1.54) is 5.56 Å². The molecule has 124 valence electrons. The fourth-order valence-electron chi connectivity index (χ4n) is 2.70. The molecular formula is C19H20BrN3O. The molecule has 0 fully saturated rings. The molecule has 24 heavy (non-hydrogen) atoms. The van der Waals surface area contributed by atoms with Crippen molar-refractivity contribution in [3.8, 4) is 0 Å². The molecule has 0 saturated carbocycles. The lowest BCUT2D eigenvalue weighted by molar-refractivity contribution is -0.120. The highest BCUT2D eigenvalue weighted by Gasteiger charge is 2.11. The average Bonchev–Trinajstić information content (AvgIpc) is 2.94. The molecule has 4 nitrogen and oxygen atoms in total. The summed E-state index contributed by atoms with van der Waals surface area (Å²) in [5.74, 6) is 1.07. The SMILES string of the molecule is CCC(=O)NCCc1nc2ccccc2n1Cc1ccc(Br)cc1. The Morgan fingerprint density at radius 2 is 1.92 bits per heavy atom. The van der Waals surface area contributed by atoms with E-state index in [4.69, 9.17) is 4.98 Å². The van der Waals surface area contributed by atoms with E-state index in [0.29, 0.717) is 13.0 Å². The van der Waals surface area contributed by atoms with Gasteiger partial charge in [-0.3, -0.25) is 4.79 Å². The standard InChI is InChI=1S/C19H20BrN3O/c1-2-19(24)21-12-11-18-22-16-5-3-4-6-17(16)23(18)13-14-7-9-15(20)10-8-14/h3-10H,2,11-13H2,1H3,(H,21,24). The van der Waals surface area contributed by atoms with Gasteiger partial charge in [-0.2, -0.15) is 0 Å². The van der Waals surface area contributed by atoms with Crippen molar-refractivity contribution >= 4 is 32.9 Å². The highest BCUT2D eigenvalue weighted by atomic mass is 79.9. The number of hydrogen-bond donors (Lipinski definition) is 1. The second-order valence-corrected chi connectivity index (χ2v) is 6.60. The van der Waals surface area contributed by atoms with Crippen LogP contribution in [-0.2, 0) is 17.8 Å². The topological polar surface area (TPSA) is 46.9 Å². The molecule has 1 amide bonds. The molecule has 5 heteroatoms. The normalized spacial score (nSPS) is 10.9. The molecule has 0 aliphatic heterocycles. The van der Waals surface area contributed by atoms with Crippen molar-refractivity contribution in [2.75, 3.05) is 6.54 Å². The summed E-state index contributed by atoms with van der Waals surface area (Å²) >= 11 is 3.47. The van der Waals surface area contributed by atoms with Crippen LogP contribution in [0.4, 0.5) is 0 Å². The Morgan fingerprint density at radius 1 is 1.17 bits per heavy atom. The molecule has 0 unspecified atom stereocenters. The van der Waals surface area contributed by atoms with Gasteiger partial charge in [-0.25, -0.2) is 4.98 Å². The van der Waals surface area contributed by atoms with Crippen molar-refractivity contribution in [1.29, 1.82) is 0 Å². The number of imidazole rings is 1. The van der Waals surface area contributed by atoms with E-state index in [2.05, 4.69) is 56.1 Å². The third kappa shape index (κ3) is 3.85. The Hall–Kier alpha value is -2.14. The number of hydrogen-bond acceptors (Lipinski definition) is 2. The number of rotatable bonds is 6. The van der Waals surface area contributed by atoms with E-state index in [-0.39, 0.29) is 5.91 Å². The van der Waals surface area contributed by atoms with Crippen molar-refractivity contribution in [2.24, 2.45) is 0 Å². The molecule has 0 spiro atoms. The number of aromatic nitrogens is 2. The predicted octanol–water partition coefficient (Wildman–Crippen LogP) is 3.92. The molecule has 3 rings (SSSR count). The zero-order chi connectivity index (χ0) is 16.9. The first-order valence-electron chi connectivity index (χ1n) is 8.12. The number of nitrogens with zero attached hydrogens (tertiary/aromatic N) is 2. The molecular weight excluding hydrogens is 366 g/mol. The van der Waals surface area contributed by atoms with E-state index in [0.717, 1.165) is 34.3 Å².